The van der Waals surface area contributed by atoms with E-state index < -0.39 is 17.2 Å². The highest BCUT2D eigenvalue weighted by atomic mass is 19.1. The Bertz CT molecular complexity index is 476. The fourth-order valence-corrected chi connectivity index (χ4v) is 2.42. The van der Waals surface area contributed by atoms with Crippen molar-refractivity contribution >= 4 is 11.6 Å². The molecule has 112 valence electrons. The molecule has 0 aromatic carbocycles. The minimum atomic E-state index is -0.870. The number of nitrogens with zero attached hydrogens (tertiary/aromatic N) is 1. The molecule has 1 aliphatic rings. The fourth-order valence-electron chi connectivity index (χ4n) is 2.42. The summed E-state index contributed by atoms with van der Waals surface area (Å²) in [5.41, 5.74) is 1.19. The molecule has 20 heavy (non-hydrogen) atoms. The molecule has 0 radical (unpaired) electrons. The molecule has 7 heteroatoms. The van der Waals surface area contributed by atoms with E-state index in [1.165, 1.54) is 0 Å². The normalized spacial score (nSPS) is 26.4. The minimum absolute atomic E-state index is 0.119. The predicted octanol–water partition coefficient (Wildman–Crippen LogP) is 2.00. The van der Waals surface area contributed by atoms with E-state index in [1.807, 2.05) is 0 Å². The Morgan fingerprint density at radius 2 is 1.95 bits per heavy atom. The second-order valence-corrected chi connectivity index (χ2v) is 5.55. The monoisotopic (exact) mass is 286 g/mol. The van der Waals surface area contributed by atoms with Crippen molar-refractivity contribution in [3.8, 4) is 0 Å². The first-order valence-electron chi connectivity index (χ1n) is 6.72. The number of nitrogens with one attached hydrogen (secondary N) is 2. The maximum absolute atomic E-state index is 13.6. The van der Waals surface area contributed by atoms with E-state index in [-0.39, 0.29) is 18.2 Å². The summed E-state index contributed by atoms with van der Waals surface area (Å²) in [7, 11) is 0. The number of nitrogens with two attached hydrogens (primary N) is 1. The highest BCUT2D eigenvalue weighted by molar-refractivity contribution is 5.47. The molecule has 1 heterocycles. The van der Waals surface area contributed by atoms with Crippen LogP contribution in [0, 0.1) is 17.6 Å². The number of nitrogen functional groups attached to an aromatic ring is 1. The smallest absolute Gasteiger partial charge is 0.178 e. The fraction of sp³-hybridized carbons (Fsp3) is 0.615. The Kier molecular flexibility index (Phi) is 4.39. The number of hydrazine groups is 1. The molecule has 0 atom stereocenters. The van der Waals surface area contributed by atoms with E-state index >= 15 is 0 Å². The zero-order chi connectivity index (χ0) is 14.8. The van der Waals surface area contributed by atoms with E-state index in [2.05, 4.69) is 22.7 Å². The van der Waals surface area contributed by atoms with Crippen LogP contribution >= 0.6 is 0 Å². The summed E-state index contributed by atoms with van der Waals surface area (Å²) >= 11 is 0. The van der Waals surface area contributed by atoms with Gasteiger partial charge in [0.2, 0.25) is 0 Å². The van der Waals surface area contributed by atoms with E-state index in [1.54, 1.807) is 0 Å². The Morgan fingerprint density at radius 3 is 2.55 bits per heavy atom. The molecule has 0 amide bonds. The lowest BCUT2D eigenvalue weighted by Crippen LogP contribution is -2.40. The third-order valence-corrected chi connectivity index (χ3v) is 3.86. The molecule has 0 spiro atoms. The maximum atomic E-state index is 13.6. The van der Waals surface area contributed by atoms with Gasteiger partial charge < -0.3 is 15.8 Å². The van der Waals surface area contributed by atoms with E-state index in [0.717, 1.165) is 12.8 Å². The van der Waals surface area contributed by atoms with Crippen LogP contribution in [-0.4, -0.2) is 22.2 Å². The maximum Gasteiger partial charge on any atom is 0.178 e. The van der Waals surface area contributed by atoms with Crippen LogP contribution in [0.1, 0.15) is 32.6 Å². The van der Waals surface area contributed by atoms with Crippen molar-refractivity contribution in [1.29, 1.82) is 0 Å². The van der Waals surface area contributed by atoms with E-state index in [0.29, 0.717) is 24.8 Å². The Morgan fingerprint density at radius 1 is 1.35 bits per heavy atom. The Hall–Kier alpha value is -1.47. The lowest BCUT2D eigenvalue weighted by Gasteiger charge is -2.35. The van der Waals surface area contributed by atoms with Crippen LogP contribution in [0.2, 0.25) is 0 Å². The number of rotatable bonds is 4. The predicted molar refractivity (Wildman–Crippen MR) is 73.0 cm³/mol. The molecular weight excluding hydrogens is 266 g/mol. The first-order valence-corrected chi connectivity index (χ1v) is 6.72. The summed E-state index contributed by atoms with van der Waals surface area (Å²) in [5.74, 6) is 3.67. The second-order valence-electron chi connectivity index (χ2n) is 5.55. The van der Waals surface area contributed by atoms with Crippen LogP contribution in [0.3, 0.4) is 0 Å². The number of hydrogen-bond donors (Lipinski definition) is 4. The molecule has 0 unspecified atom stereocenters. The summed E-state index contributed by atoms with van der Waals surface area (Å²) in [6, 6.07) is 0.706. The molecule has 2 rings (SSSR count). The zero-order valence-electron chi connectivity index (χ0n) is 11.4. The highest BCUT2D eigenvalue weighted by Gasteiger charge is 2.31. The Labute approximate surface area is 116 Å². The first-order chi connectivity index (χ1) is 9.43. The van der Waals surface area contributed by atoms with E-state index in [4.69, 9.17) is 5.84 Å². The van der Waals surface area contributed by atoms with Gasteiger partial charge in [-0.15, -0.1) is 0 Å². The van der Waals surface area contributed by atoms with Gasteiger partial charge in [0.05, 0.1) is 5.60 Å². The van der Waals surface area contributed by atoms with Gasteiger partial charge in [-0.1, -0.05) is 6.92 Å². The summed E-state index contributed by atoms with van der Waals surface area (Å²) in [6.07, 6.45) is 3.19. The average Bonchev–Trinajstić information content (AvgIpc) is 2.42. The molecule has 1 aromatic rings. The van der Waals surface area contributed by atoms with Gasteiger partial charge in [0.1, 0.15) is 0 Å². The summed E-state index contributed by atoms with van der Waals surface area (Å²) in [5, 5.41) is 13.1. The molecular formula is C13H20F2N4O. The topological polar surface area (TPSA) is 83.2 Å². The molecule has 1 aliphatic carbocycles. The van der Waals surface area contributed by atoms with Crippen molar-refractivity contribution < 1.29 is 13.9 Å². The van der Waals surface area contributed by atoms with Crippen LogP contribution in [0.5, 0.6) is 0 Å². The summed E-state index contributed by atoms with van der Waals surface area (Å²) in [4.78, 5) is 3.71. The third kappa shape index (κ3) is 3.34. The molecule has 0 saturated heterocycles. The average molecular weight is 286 g/mol. The first kappa shape index (κ1) is 14.9. The number of pyridine rings is 1. The van der Waals surface area contributed by atoms with Crippen LogP contribution in [0.4, 0.5) is 20.4 Å². The van der Waals surface area contributed by atoms with Gasteiger partial charge in [0, 0.05) is 12.6 Å². The summed E-state index contributed by atoms with van der Waals surface area (Å²) in [6.45, 7) is 2.33. The number of aromatic nitrogens is 1. The number of halogens is 2. The van der Waals surface area contributed by atoms with Crippen LogP contribution in [-0.2, 0) is 0 Å². The van der Waals surface area contributed by atoms with Crippen molar-refractivity contribution in [2.75, 3.05) is 17.3 Å². The van der Waals surface area contributed by atoms with Crippen molar-refractivity contribution in [3.63, 3.8) is 0 Å². The molecule has 0 aliphatic heterocycles. The molecule has 5 N–H and O–H groups in total. The van der Waals surface area contributed by atoms with Gasteiger partial charge in [0.25, 0.3) is 0 Å². The number of aliphatic hydroxyl groups is 1. The van der Waals surface area contributed by atoms with Crippen LogP contribution < -0.4 is 16.6 Å². The van der Waals surface area contributed by atoms with Gasteiger partial charge in [-0.3, -0.25) is 0 Å². The van der Waals surface area contributed by atoms with Gasteiger partial charge in [0.15, 0.2) is 23.3 Å². The molecule has 1 saturated carbocycles. The SMILES string of the molecule is CC1CCC(O)(CNc2nc(NN)c(F)cc2F)CC1. The Balaban J connectivity index is 2.03. The molecule has 5 nitrogen and oxygen atoms in total. The van der Waals surface area contributed by atoms with E-state index in [9.17, 15) is 13.9 Å². The van der Waals surface area contributed by atoms with Gasteiger partial charge in [-0.05, 0) is 31.6 Å². The van der Waals surface area contributed by atoms with Crippen molar-refractivity contribution in [2.24, 2.45) is 11.8 Å². The van der Waals surface area contributed by atoms with Crippen molar-refractivity contribution in [3.05, 3.63) is 17.7 Å². The minimum Gasteiger partial charge on any atom is -0.388 e. The zero-order valence-corrected chi connectivity index (χ0v) is 11.4. The van der Waals surface area contributed by atoms with Gasteiger partial charge >= 0.3 is 0 Å². The lowest BCUT2D eigenvalue weighted by molar-refractivity contribution is 0.00490. The van der Waals surface area contributed by atoms with Crippen molar-refractivity contribution in [2.45, 2.75) is 38.2 Å². The quantitative estimate of drug-likeness (QED) is 0.502. The van der Waals surface area contributed by atoms with Crippen LogP contribution in [0.15, 0.2) is 6.07 Å². The molecule has 1 aromatic heterocycles. The van der Waals surface area contributed by atoms with Gasteiger partial charge in [-0.25, -0.2) is 19.6 Å². The summed E-state index contributed by atoms with van der Waals surface area (Å²) < 4.78 is 26.8. The van der Waals surface area contributed by atoms with Crippen molar-refractivity contribution in [1.82, 2.24) is 4.98 Å². The lowest BCUT2D eigenvalue weighted by atomic mass is 9.79. The number of anilines is 2. The molecule has 0 bridgehead atoms. The second kappa shape index (κ2) is 5.88. The third-order valence-electron chi connectivity index (χ3n) is 3.86. The largest absolute Gasteiger partial charge is 0.388 e. The number of hydrogen-bond acceptors (Lipinski definition) is 5. The highest BCUT2D eigenvalue weighted by Crippen LogP contribution is 2.32. The van der Waals surface area contributed by atoms with Gasteiger partial charge in [-0.2, -0.15) is 0 Å². The standard InChI is InChI=1S/C13H20F2N4O/c1-8-2-4-13(20,5-3-8)7-17-11-9(14)6-10(15)12(18-11)19-16/h6,8,20H,2-5,7,16H2,1H3,(H2,17,18,19). The van der Waals surface area contributed by atoms with Crippen LogP contribution in [0.25, 0.3) is 0 Å². The molecule has 1 fully saturated rings.